The molecule has 0 spiro atoms. The molecule has 0 radical (unpaired) electrons. The number of rotatable bonds is 4. The van der Waals surface area contributed by atoms with E-state index in [1.165, 1.54) is 11.1 Å². The Morgan fingerprint density at radius 3 is 2.25 bits per heavy atom. The van der Waals surface area contributed by atoms with Crippen LogP contribution in [0.15, 0.2) is 4.99 Å². The zero-order chi connectivity index (χ0) is 9.40. The summed E-state index contributed by atoms with van der Waals surface area (Å²) in [5.41, 5.74) is 0. The summed E-state index contributed by atoms with van der Waals surface area (Å²) in [7, 11) is 0. The second-order valence-corrected chi connectivity index (χ2v) is 2.10. The monoisotopic (exact) mass is 174 g/mol. The number of aliphatic hydroxyl groups excluding tert-OH is 2. The van der Waals surface area contributed by atoms with Crippen molar-refractivity contribution >= 4 is 12.2 Å². The lowest BCUT2D eigenvalue weighted by molar-refractivity contribution is 0.165. The maximum absolute atomic E-state index is 11.0. The minimum Gasteiger partial charge on any atom is -0.395 e. The van der Waals surface area contributed by atoms with E-state index in [9.17, 15) is 4.79 Å². The third kappa shape index (κ3) is 4.05. The zero-order valence-corrected chi connectivity index (χ0v) is 7.10. The van der Waals surface area contributed by atoms with Gasteiger partial charge in [-0.3, -0.25) is 0 Å². The lowest BCUT2D eigenvalue weighted by Crippen LogP contribution is -2.33. The van der Waals surface area contributed by atoms with Gasteiger partial charge >= 0.3 is 6.03 Å². The van der Waals surface area contributed by atoms with E-state index in [0.717, 1.165) is 0 Å². The summed E-state index contributed by atoms with van der Waals surface area (Å²) in [5.74, 6) is 0. The average molecular weight is 174 g/mol. The minimum atomic E-state index is -0.430. The highest BCUT2D eigenvalue weighted by Crippen LogP contribution is 1.91. The van der Waals surface area contributed by atoms with Gasteiger partial charge in [-0.1, -0.05) is 0 Å². The van der Waals surface area contributed by atoms with Crippen molar-refractivity contribution in [2.45, 2.75) is 6.92 Å². The standard InChI is InChI=1S/C7H14N2O3/c1-2-8-7(12)9(3-5-10)4-6-11/h2,10-11H,3-6H2,1H3/b8-2+. The smallest absolute Gasteiger partial charge is 0.343 e. The van der Waals surface area contributed by atoms with Crippen LogP contribution in [0.1, 0.15) is 6.92 Å². The van der Waals surface area contributed by atoms with Gasteiger partial charge in [-0.2, -0.15) is 0 Å². The van der Waals surface area contributed by atoms with Crippen molar-refractivity contribution in [3.63, 3.8) is 0 Å². The van der Waals surface area contributed by atoms with E-state index >= 15 is 0 Å². The van der Waals surface area contributed by atoms with Crippen molar-refractivity contribution in [3.8, 4) is 0 Å². The molecule has 0 fully saturated rings. The molecule has 0 aromatic heterocycles. The molecule has 0 atom stereocenters. The van der Waals surface area contributed by atoms with E-state index in [2.05, 4.69) is 4.99 Å². The van der Waals surface area contributed by atoms with Gasteiger partial charge in [0.1, 0.15) is 0 Å². The van der Waals surface area contributed by atoms with Crippen LogP contribution < -0.4 is 0 Å². The first kappa shape index (κ1) is 11.1. The fraction of sp³-hybridized carbons (Fsp3) is 0.714. The van der Waals surface area contributed by atoms with Gasteiger partial charge in [0, 0.05) is 19.3 Å². The number of aliphatic imine (C=N–C) groups is 1. The van der Waals surface area contributed by atoms with Crippen LogP contribution >= 0.6 is 0 Å². The molecule has 5 heteroatoms. The minimum absolute atomic E-state index is 0.120. The SMILES string of the molecule is C/C=N/C(=O)N(CCO)CCO. The van der Waals surface area contributed by atoms with E-state index < -0.39 is 6.03 Å². The summed E-state index contributed by atoms with van der Waals surface area (Å²) >= 11 is 0. The van der Waals surface area contributed by atoms with Crippen molar-refractivity contribution in [3.05, 3.63) is 0 Å². The lowest BCUT2D eigenvalue weighted by Gasteiger charge is -2.17. The van der Waals surface area contributed by atoms with Gasteiger partial charge in [-0.05, 0) is 6.92 Å². The molecule has 0 bridgehead atoms. The molecule has 0 saturated heterocycles. The molecule has 0 heterocycles. The van der Waals surface area contributed by atoms with Crippen LogP contribution in [0.3, 0.4) is 0 Å². The largest absolute Gasteiger partial charge is 0.395 e. The van der Waals surface area contributed by atoms with Crippen LogP contribution in [0.25, 0.3) is 0 Å². The molecular weight excluding hydrogens is 160 g/mol. The molecule has 12 heavy (non-hydrogen) atoms. The summed E-state index contributed by atoms with van der Waals surface area (Å²) in [5, 5.41) is 17.1. The first-order valence-electron chi connectivity index (χ1n) is 3.75. The summed E-state index contributed by atoms with van der Waals surface area (Å²) in [4.78, 5) is 15.8. The van der Waals surface area contributed by atoms with Crippen LogP contribution in [0.2, 0.25) is 0 Å². The van der Waals surface area contributed by atoms with Gasteiger partial charge in [-0.25, -0.2) is 9.79 Å². The number of amides is 2. The first-order chi connectivity index (χ1) is 5.76. The van der Waals surface area contributed by atoms with E-state index in [1.807, 2.05) is 0 Å². The van der Waals surface area contributed by atoms with Crippen molar-refractivity contribution in [2.24, 2.45) is 4.99 Å². The normalized spacial score (nSPS) is 10.6. The number of carbonyl (C=O) groups excluding carboxylic acids is 1. The van der Waals surface area contributed by atoms with E-state index in [-0.39, 0.29) is 26.3 Å². The number of nitrogens with zero attached hydrogens (tertiary/aromatic N) is 2. The maximum atomic E-state index is 11.0. The lowest BCUT2D eigenvalue weighted by atomic mass is 10.5. The molecule has 5 nitrogen and oxygen atoms in total. The third-order valence-corrected chi connectivity index (χ3v) is 1.25. The molecule has 0 saturated carbocycles. The van der Waals surface area contributed by atoms with E-state index in [0.29, 0.717) is 0 Å². The molecule has 0 aromatic rings. The Kier molecular flexibility index (Phi) is 6.22. The fourth-order valence-corrected chi connectivity index (χ4v) is 0.737. The van der Waals surface area contributed by atoms with E-state index in [4.69, 9.17) is 10.2 Å². The Balaban J connectivity index is 3.98. The number of hydrogen-bond acceptors (Lipinski definition) is 3. The maximum Gasteiger partial charge on any atom is 0.343 e. The molecule has 0 rings (SSSR count). The van der Waals surface area contributed by atoms with Crippen LogP contribution in [0.5, 0.6) is 0 Å². The van der Waals surface area contributed by atoms with E-state index in [1.54, 1.807) is 6.92 Å². The summed E-state index contributed by atoms with van der Waals surface area (Å²) in [6.07, 6.45) is 1.38. The summed E-state index contributed by atoms with van der Waals surface area (Å²) in [6, 6.07) is -0.430. The van der Waals surface area contributed by atoms with Gasteiger partial charge in [-0.15, -0.1) is 0 Å². The molecule has 0 aliphatic carbocycles. The Labute approximate surface area is 71.3 Å². The van der Waals surface area contributed by atoms with Gasteiger partial charge in [0.2, 0.25) is 0 Å². The molecule has 0 unspecified atom stereocenters. The number of carbonyl (C=O) groups is 1. The van der Waals surface area contributed by atoms with Gasteiger partial charge in [0.05, 0.1) is 13.2 Å². The Morgan fingerprint density at radius 1 is 1.42 bits per heavy atom. The highest BCUT2D eigenvalue weighted by Gasteiger charge is 2.09. The predicted molar refractivity (Wildman–Crippen MR) is 45.3 cm³/mol. The van der Waals surface area contributed by atoms with Gasteiger partial charge in [0.25, 0.3) is 0 Å². The molecule has 2 N–H and O–H groups in total. The highest BCUT2D eigenvalue weighted by molar-refractivity contribution is 5.82. The molecule has 2 amide bonds. The quantitative estimate of drug-likeness (QED) is 0.563. The van der Waals surface area contributed by atoms with Crippen molar-refractivity contribution in [1.82, 2.24) is 4.90 Å². The Hall–Kier alpha value is -0.940. The second-order valence-electron chi connectivity index (χ2n) is 2.10. The molecular formula is C7H14N2O3. The van der Waals surface area contributed by atoms with Crippen LogP contribution in [0.4, 0.5) is 4.79 Å². The molecule has 70 valence electrons. The van der Waals surface area contributed by atoms with Crippen LogP contribution in [-0.4, -0.2) is 53.7 Å². The average Bonchev–Trinajstić information content (AvgIpc) is 2.04. The van der Waals surface area contributed by atoms with Gasteiger partial charge < -0.3 is 15.1 Å². The second kappa shape index (κ2) is 6.75. The van der Waals surface area contributed by atoms with Crippen molar-refractivity contribution in [2.75, 3.05) is 26.3 Å². The zero-order valence-electron chi connectivity index (χ0n) is 7.10. The van der Waals surface area contributed by atoms with Crippen molar-refractivity contribution < 1.29 is 15.0 Å². The Bertz CT molecular complexity index is 153. The topological polar surface area (TPSA) is 73.1 Å². The predicted octanol–water partition coefficient (Wildman–Crippen LogP) is -0.516. The molecule has 0 aromatic carbocycles. The number of urea groups is 1. The summed E-state index contributed by atoms with van der Waals surface area (Å²) < 4.78 is 0. The Morgan fingerprint density at radius 2 is 1.92 bits per heavy atom. The highest BCUT2D eigenvalue weighted by atomic mass is 16.3. The summed E-state index contributed by atoms with van der Waals surface area (Å²) in [6.45, 7) is 1.80. The number of hydrogen-bond donors (Lipinski definition) is 2. The molecule has 0 aliphatic rings. The van der Waals surface area contributed by atoms with Crippen LogP contribution in [0, 0.1) is 0 Å². The molecule has 0 aliphatic heterocycles. The number of aliphatic hydroxyl groups is 2. The van der Waals surface area contributed by atoms with Crippen LogP contribution in [-0.2, 0) is 0 Å². The van der Waals surface area contributed by atoms with Crippen molar-refractivity contribution in [1.29, 1.82) is 0 Å². The first-order valence-corrected chi connectivity index (χ1v) is 3.75. The third-order valence-electron chi connectivity index (χ3n) is 1.25. The van der Waals surface area contributed by atoms with Gasteiger partial charge in [0.15, 0.2) is 0 Å². The fourth-order valence-electron chi connectivity index (χ4n) is 0.737.